The number of imidazole rings is 1. The van der Waals surface area contributed by atoms with Crippen molar-refractivity contribution in [3.63, 3.8) is 0 Å². The minimum absolute atomic E-state index is 0.206. The maximum absolute atomic E-state index is 13.4. The van der Waals surface area contributed by atoms with Crippen molar-refractivity contribution in [2.24, 2.45) is 11.8 Å². The van der Waals surface area contributed by atoms with Crippen LogP contribution >= 0.6 is 0 Å². The normalized spacial score (nSPS) is 29.2. The number of nitrogens with zero attached hydrogens (tertiary/aromatic N) is 2. The summed E-state index contributed by atoms with van der Waals surface area (Å²) >= 11 is 0. The first kappa shape index (κ1) is 12.3. The van der Waals surface area contributed by atoms with Gasteiger partial charge in [-0.2, -0.15) is 0 Å². The quantitative estimate of drug-likeness (QED) is 0.910. The van der Waals surface area contributed by atoms with Gasteiger partial charge in [0.05, 0.1) is 17.1 Å². The molecule has 1 N–H and O–H groups in total. The van der Waals surface area contributed by atoms with Gasteiger partial charge in [0.15, 0.2) is 0 Å². The third-order valence-corrected chi connectivity index (χ3v) is 5.08. The number of aromatic nitrogens is 2. The lowest BCUT2D eigenvalue weighted by Crippen LogP contribution is -2.22. The van der Waals surface area contributed by atoms with Crippen LogP contribution in [0.15, 0.2) is 18.2 Å². The van der Waals surface area contributed by atoms with Gasteiger partial charge in [-0.25, -0.2) is 9.37 Å². The van der Waals surface area contributed by atoms with E-state index < -0.39 is 0 Å². The Morgan fingerprint density at radius 2 is 2.30 bits per heavy atom. The molecule has 4 rings (SSSR count). The maximum atomic E-state index is 13.4. The summed E-state index contributed by atoms with van der Waals surface area (Å²) in [6.45, 7) is 4.12. The standard InChI is InChI=1S/C16H20FN3/c1-2-20-14-7-6-11(17)8-13(14)19-16(20)15-12-5-3-4-10(12)9-18-15/h6-8,10,12,15,18H,2-5,9H2,1H3. The lowest BCUT2D eigenvalue weighted by atomic mass is 9.93. The Labute approximate surface area is 118 Å². The number of hydrogen-bond acceptors (Lipinski definition) is 2. The molecule has 0 bridgehead atoms. The van der Waals surface area contributed by atoms with Crippen LogP contribution in [0.5, 0.6) is 0 Å². The molecule has 1 aromatic heterocycles. The molecule has 2 fully saturated rings. The van der Waals surface area contributed by atoms with Crippen LogP contribution in [0.25, 0.3) is 11.0 Å². The van der Waals surface area contributed by atoms with Gasteiger partial charge in [-0.1, -0.05) is 6.42 Å². The highest BCUT2D eigenvalue weighted by Crippen LogP contribution is 2.44. The van der Waals surface area contributed by atoms with E-state index in [1.807, 2.05) is 6.07 Å². The number of benzene rings is 1. The topological polar surface area (TPSA) is 29.9 Å². The van der Waals surface area contributed by atoms with Crippen LogP contribution < -0.4 is 5.32 Å². The molecule has 2 aliphatic rings. The molecular formula is C16H20FN3. The monoisotopic (exact) mass is 273 g/mol. The molecule has 0 amide bonds. The van der Waals surface area contributed by atoms with Crippen molar-refractivity contribution < 1.29 is 4.39 Å². The van der Waals surface area contributed by atoms with Crippen molar-refractivity contribution >= 4 is 11.0 Å². The third-order valence-electron chi connectivity index (χ3n) is 5.08. The molecule has 3 nitrogen and oxygen atoms in total. The van der Waals surface area contributed by atoms with Crippen molar-refractivity contribution in [1.82, 2.24) is 14.9 Å². The lowest BCUT2D eigenvalue weighted by molar-refractivity contribution is 0.399. The van der Waals surface area contributed by atoms with Crippen LogP contribution in [0.3, 0.4) is 0 Å². The highest BCUT2D eigenvalue weighted by Gasteiger charge is 2.41. The Morgan fingerprint density at radius 3 is 3.15 bits per heavy atom. The Kier molecular flexibility index (Phi) is 2.81. The molecular weight excluding hydrogens is 253 g/mol. The summed E-state index contributed by atoms with van der Waals surface area (Å²) in [4.78, 5) is 4.75. The Morgan fingerprint density at radius 1 is 1.40 bits per heavy atom. The molecule has 1 aliphatic carbocycles. The summed E-state index contributed by atoms with van der Waals surface area (Å²) in [7, 11) is 0. The van der Waals surface area contributed by atoms with Gasteiger partial charge in [0, 0.05) is 12.6 Å². The van der Waals surface area contributed by atoms with Gasteiger partial charge in [0.1, 0.15) is 11.6 Å². The van der Waals surface area contributed by atoms with Gasteiger partial charge in [-0.05, 0) is 50.3 Å². The fourth-order valence-electron chi connectivity index (χ4n) is 4.16. The predicted molar refractivity (Wildman–Crippen MR) is 76.9 cm³/mol. The number of halogens is 1. The zero-order valence-electron chi connectivity index (χ0n) is 11.8. The fraction of sp³-hybridized carbons (Fsp3) is 0.562. The Hall–Kier alpha value is -1.42. The van der Waals surface area contributed by atoms with Crippen LogP contribution in [0.2, 0.25) is 0 Å². The third kappa shape index (κ3) is 1.71. The first-order valence-electron chi connectivity index (χ1n) is 7.67. The molecule has 0 spiro atoms. The molecule has 1 aromatic carbocycles. The van der Waals surface area contributed by atoms with Gasteiger partial charge in [0.25, 0.3) is 0 Å². The van der Waals surface area contributed by atoms with E-state index in [1.54, 1.807) is 6.07 Å². The van der Waals surface area contributed by atoms with Gasteiger partial charge >= 0.3 is 0 Å². The number of rotatable bonds is 2. The van der Waals surface area contributed by atoms with Crippen LogP contribution in [0.1, 0.15) is 38.1 Å². The summed E-state index contributed by atoms with van der Waals surface area (Å²) in [6.07, 6.45) is 3.98. The molecule has 1 aliphatic heterocycles. The molecule has 2 aromatic rings. The summed E-state index contributed by atoms with van der Waals surface area (Å²) in [5.74, 6) is 2.41. The molecule has 3 atom stereocenters. The Bertz CT molecular complexity index is 648. The van der Waals surface area contributed by atoms with Crippen molar-refractivity contribution in [2.75, 3.05) is 6.54 Å². The zero-order chi connectivity index (χ0) is 13.7. The largest absolute Gasteiger partial charge is 0.327 e. The molecule has 0 radical (unpaired) electrons. The molecule has 2 heterocycles. The lowest BCUT2D eigenvalue weighted by Gasteiger charge is -2.19. The second-order valence-electron chi connectivity index (χ2n) is 6.09. The highest BCUT2D eigenvalue weighted by atomic mass is 19.1. The van der Waals surface area contributed by atoms with E-state index in [1.165, 1.54) is 25.3 Å². The van der Waals surface area contributed by atoms with E-state index in [0.717, 1.165) is 35.9 Å². The van der Waals surface area contributed by atoms with Gasteiger partial charge in [-0.3, -0.25) is 0 Å². The van der Waals surface area contributed by atoms with Crippen molar-refractivity contribution in [2.45, 2.75) is 38.8 Å². The molecule has 1 saturated carbocycles. The van der Waals surface area contributed by atoms with Gasteiger partial charge in [0.2, 0.25) is 0 Å². The van der Waals surface area contributed by atoms with Crippen LogP contribution in [0.4, 0.5) is 4.39 Å². The van der Waals surface area contributed by atoms with E-state index >= 15 is 0 Å². The maximum Gasteiger partial charge on any atom is 0.127 e. The first-order chi connectivity index (χ1) is 9.78. The number of fused-ring (bicyclic) bond motifs is 2. The van der Waals surface area contributed by atoms with E-state index in [4.69, 9.17) is 4.98 Å². The summed E-state index contributed by atoms with van der Waals surface area (Å²) in [6, 6.07) is 5.27. The van der Waals surface area contributed by atoms with Crippen molar-refractivity contribution in [1.29, 1.82) is 0 Å². The number of hydrogen-bond donors (Lipinski definition) is 1. The fourth-order valence-corrected chi connectivity index (χ4v) is 4.16. The SMILES string of the molecule is CCn1c(C2NCC3CCCC32)nc2cc(F)ccc21. The minimum Gasteiger partial charge on any atom is -0.327 e. The molecule has 4 heteroatoms. The summed E-state index contributed by atoms with van der Waals surface area (Å²) < 4.78 is 15.7. The zero-order valence-corrected chi connectivity index (χ0v) is 11.8. The van der Waals surface area contributed by atoms with Crippen molar-refractivity contribution in [3.8, 4) is 0 Å². The average Bonchev–Trinajstić information content (AvgIpc) is 3.10. The smallest absolute Gasteiger partial charge is 0.127 e. The van der Waals surface area contributed by atoms with Crippen molar-refractivity contribution in [3.05, 3.63) is 29.8 Å². The van der Waals surface area contributed by atoms with E-state index in [2.05, 4.69) is 16.8 Å². The van der Waals surface area contributed by atoms with Gasteiger partial charge in [-0.15, -0.1) is 0 Å². The van der Waals surface area contributed by atoms with Crippen LogP contribution in [-0.4, -0.2) is 16.1 Å². The van der Waals surface area contributed by atoms with E-state index in [0.29, 0.717) is 12.0 Å². The predicted octanol–water partition coefficient (Wildman–Crippen LogP) is 3.26. The minimum atomic E-state index is -0.206. The second-order valence-corrected chi connectivity index (χ2v) is 6.09. The summed E-state index contributed by atoms with van der Waals surface area (Å²) in [5.41, 5.74) is 1.83. The van der Waals surface area contributed by atoms with Crippen LogP contribution in [-0.2, 0) is 6.54 Å². The Balaban J connectivity index is 1.82. The number of aryl methyl sites for hydroxylation is 1. The summed E-state index contributed by atoms with van der Waals surface area (Å²) in [5, 5.41) is 3.65. The highest BCUT2D eigenvalue weighted by molar-refractivity contribution is 5.76. The second kappa shape index (κ2) is 4.55. The average molecular weight is 273 g/mol. The molecule has 106 valence electrons. The van der Waals surface area contributed by atoms with E-state index in [9.17, 15) is 4.39 Å². The molecule has 20 heavy (non-hydrogen) atoms. The van der Waals surface area contributed by atoms with Crippen LogP contribution in [0, 0.1) is 17.7 Å². The number of nitrogens with one attached hydrogen (secondary N) is 1. The van der Waals surface area contributed by atoms with E-state index in [-0.39, 0.29) is 5.82 Å². The molecule has 3 unspecified atom stereocenters. The molecule has 1 saturated heterocycles. The van der Waals surface area contributed by atoms with Gasteiger partial charge < -0.3 is 9.88 Å². The first-order valence-corrected chi connectivity index (χ1v) is 7.67.